The molecule has 0 fully saturated rings. The second kappa shape index (κ2) is 6.12. The highest BCUT2D eigenvalue weighted by Gasteiger charge is 2.11. The van der Waals surface area contributed by atoms with Crippen molar-refractivity contribution in [3.8, 4) is 6.07 Å². The second-order valence-electron chi connectivity index (χ2n) is 3.92. The molecule has 2 rings (SSSR count). The average molecular weight is 312 g/mol. The molecule has 19 heavy (non-hydrogen) atoms. The van der Waals surface area contributed by atoms with Gasteiger partial charge in [-0.3, -0.25) is 4.79 Å². The highest BCUT2D eigenvalue weighted by Crippen LogP contribution is 2.16. The number of hydrogen-bond donors (Lipinski definition) is 0. The smallest absolute Gasteiger partial charge is 0.203 e. The molecule has 2 aromatic rings. The fourth-order valence-electron chi connectivity index (χ4n) is 1.66. The van der Waals surface area contributed by atoms with Crippen LogP contribution in [0.25, 0.3) is 6.08 Å². The van der Waals surface area contributed by atoms with Crippen molar-refractivity contribution in [2.24, 2.45) is 0 Å². The third-order valence-corrected chi connectivity index (χ3v) is 3.05. The largest absolute Gasteiger partial charge is 0.288 e. The number of halogens is 1. The minimum atomic E-state index is -0.261. The molecule has 0 saturated heterocycles. The number of carbonyl (C=O) groups is 1. The Labute approximate surface area is 120 Å². The number of carbonyl (C=O) groups excluding carboxylic acids is 1. The Morgan fingerprint density at radius 2 is 1.84 bits per heavy atom. The van der Waals surface area contributed by atoms with Crippen molar-refractivity contribution in [3.05, 3.63) is 75.8 Å². The molecule has 2 aromatic carbocycles. The number of benzene rings is 2. The van der Waals surface area contributed by atoms with Crippen LogP contribution in [0.1, 0.15) is 15.9 Å². The molecule has 0 aliphatic heterocycles. The topological polar surface area (TPSA) is 40.9 Å². The van der Waals surface area contributed by atoms with E-state index in [1.54, 1.807) is 30.3 Å². The third-order valence-electron chi connectivity index (χ3n) is 2.56. The normalized spacial score (nSPS) is 10.8. The first-order chi connectivity index (χ1) is 9.20. The van der Waals surface area contributed by atoms with Gasteiger partial charge in [-0.1, -0.05) is 58.4 Å². The van der Waals surface area contributed by atoms with Crippen LogP contribution in [0.3, 0.4) is 0 Å². The summed E-state index contributed by atoms with van der Waals surface area (Å²) in [5.41, 5.74) is 1.46. The van der Waals surface area contributed by atoms with Crippen LogP contribution < -0.4 is 0 Å². The first-order valence-corrected chi connectivity index (χ1v) is 6.47. The van der Waals surface area contributed by atoms with Gasteiger partial charge in [-0.05, 0) is 23.8 Å². The molecule has 92 valence electrons. The van der Waals surface area contributed by atoms with Gasteiger partial charge < -0.3 is 0 Å². The van der Waals surface area contributed by atoms with Crippen LogP contribution in [0, 0.1) is 11.3 Å². The first kappa shape index (κ1) is 13.3. The lowest BCUT2D eigenvalue weighted by atomic mass is 10.0. The summed E-state index contributed by atoms with van der Waals surface area (Å²) in [6.45, 7) is 0. The van der Waals surface area contributed by atoms with Crippen molar-refractivity contribution in [1.82, 2.24) is 0 Å². The van der Waals surface area contributed by atoms with Gasteiger partial charge >= 0.3 is 0 Å². The molecule has 0 amide bonds. The van der Waals surface area contributed by atoms with Gasteiger partial charge in [0, 0.05) is 10.0 Å². The summed E-state index contributed by atoms with van der Waals surface area (Å²) < 4.78 is 0.908. The highest BCUT2D eigenvalue weighted by molar-refractivity contribution is 9.10. The molecule has 2 nitrogen and oxygen atoms in total. The van der Waals surface area contributed by atoms with Gasteiger partial charge in [-0.25, -0.2) is 0 Å². The number of ketones is 1. The van der Waals surface area contributed by atoms with E-state index in [4.69, 9.17) is 5.26 Å². The van der Waals surface area contributed by atoms with E-state index in [1.165, 1.54) is 0 Å². The minimum absolute atomic E-state index is 0.129. The number of nitrogens with zero attached hydrogens (tertiary/aromatic N) is 1. The molecule has 3 heteroatoms. The summed E-state index contributed by atoms with van der Waals surface area (Å²) in [7, 11) is 0. The Hall–Kier alpha value is -2.18. The number of Topliss-reactive ketones (excluding diaryl/α,β-unsaturated/α-hetero) is 1. The zero-order valence-electron chi connectivity index (χ0n) is 10.0. The quantitative estimate of drug-likeness (QED) is 0.483. The van der Waals surface area contributed by atoms with Gasteiger partial charge in [0.05, 0.1) is 0 Å². The van der Waals surface area contributed by atoms with Crippen LogP contribution >= 0.6 is 15.9 Å². The molecular formula is C16H10BrNO. The second-order valence-corrected chi connectivity index (χ2v) is 4.84. The maximum atomic E-state index is 12.2. The lowest BCUT2D eigenvalue weighted by molar-refractivity contribution is 0.104. The zero-order chi connectivity index (χ0) is 13.7. The van der Waals surface area contributed by atoms with E-state index in [2.05, 4.69) is 15.9 Å². The van der Waals surface area contributed by atoms with Crippen LogP contribution in [-0.4, -0.2) is 5.78 Å². The molecule has 0 N–H and O–H groups in total. The van der Waals surface area contributed by atoms with Crippen LogP contribution in [0.5, 0.6) is 0 Å². The van der Waals surface area contributed by atoms with Crippen LogP contribution in [0.4, 0.5) is 0 Å². The first-order valence-electron chi connectivity index (χ1n) is 5.68. The molecule has 0 radical (unpaired) electrons. The summed E-state index contributed by atoms with van der Waals surface area (Å²) >= 11 is 3.36. The zero-order valence-corrected chi connectivity index (χ0v) is 11.6. The monoisotopic (exact) mass is 311 g/mol. The lowest BCUT2D eigenvalue weighted by Gasteiger charge is -2.00. The molecule has 0 saturated carbocycles. The number of allylic oxidation sites excluding steroid dienone is 1. The molecule has 0 aromatic heterocycles. The van der Waals surface area contributed by atoms with E-state index in [0.29, 0.717) is 5.56 Å². The Morgan fingerprint density at radius 1 is 1.11 bits per heavy atom. The molecule has 0 atom stereocenters. The van der Waals surface area contributed by atoms with Gasteiger partial charge in [-0.15, -0.1) is 0 Å². The van der Waals surface area contributed by atoms with Crippen molar-refractivity contribution in [2.75, 3.05) is 0 Å². The van der Waals surface area contributed by atoms with Crippen LogP contribution in [-0.2, 0) is 0 Å². The van der Waals surface area contributed by atoms with E-state index in [1.807, 2.05) is 36.4 Å². The summed E-state index contributed by atoms with van der Waals surface area (Å²) in [4.78, 5) is 12.2. The Morgan fingerprint density at radius 3 is 2.47 bits per heavy atom. The van der Waals surface area contributed by atoms with Crippen molar-refractivity contribution in [3.63, 3.8) is 0 Å². The molecule has 0 aliphatic carbocycles. The maximum Gasteiger partial charge on any atom is 0.203 e. The number of nitriles is 1. The number of hydrogen-bond acceptors (Lipinski definition) is 2. The molecule has 0 bridgehead atoms. The van der Waals surface area contributed by atoms with Crippen molar-refractivity contribution in [2.45, 2.75) is 0 Å². The Kier molecular flexibility index (Phi) is 4.27. The van der Waals surface area contributed by atoms with Crippen LogP contribution in [0.2, 0.25) is 0 Å². The Balaban J connectivity index is 2.36. The van der Waals surface area contributed by atoms with Gasteiger partial charge in [0.2, 0.25) is 5.78 Å². The summed E-state index contributed by atoms with van der Waals surface area (Å²) in [6.07, 6.45) is 1.60. The minimum Gasteiger partial charge on any atom is -0.288 e. The SMILES string of the molecule is N#CC(=Cc1cccc(Br)c1)C(=O)c1ccccc1. The standard InChI is InChI=1S/C16H10BrNO/c17-15-8-4-5-12(10-15)9-14(11-18)16(19)13-6-2-1-3-7-13/h1-10H. The molecule has 0 heterocycles. The van der Waals surface area contributed by atoms with Gasteiger partial charge in [0.15, 0.2) is 0 Å². The van der Waals surface area contributed by atoms with E-state index in [9.17, 15) is 4.79 Å². The lowest BCUT2D eigenvalue weighted by Crippen LogP contribution is -2.01. The predicted molar refractivity (Wildman–Crippen MR) is 78.5 cm³/mol. The van der Waals surface area contributed by atoms with Crippen LogP contribution in [0.15, 0.2) is 64.6 Å². The molecular weight excluding hydrogens is 302 g/mol. The molecule has 0 aliphatic rings. The fraction of sp³-hybridized carbons (Fsp3) is 0. The molecule has 0 unspecified atom stereocenters. The maximum absolute atomic E-state index is 12.2. The predicted octanol–water partition coefficient (Wildman–Crippen LogP) is 4.24. The third kappa shape index (κ3) is 3.40. The van der Waals surface area contributed by atoms with Gasteiger partial charge in [0.1, 0.15) is 11.6 Å². The van der Waals surface area contributed by atoms with Crippen molar-refractivity contribution < 1.29 is 4.79 Å². The summed E-state index contributed by atoms with van der Waals surface area (Å²) in [5.74, 6) is -0.261. The summed E-state index contributed by atoms with van der Waals surface area (Å²) in [5, 5.41) is 9.14. The van der Waals surface area contributed by atoms with Gasteiger partial charge in [-0.2, -0.15) is 5.26 Å². The highest BCUT2D eigenvalue weighted by atomic mass is 79.9. The van der Waals surface area contributed by atoms with Crippen molar-refractivity contribution in [1.29, 1.82) is 5.26 Å². The number of rotatable bonds is 3. The fourth-order valence-corrected chi connectivity index (χ4v) is 2.07. The van der Waals surface area contributed by atoms with Gasteiger partial charge in [0.25, 0.3) is 0 Å². The van der Waals surface area contributed by atoms with E-state index in [-0.39, 0.29) is 11.4 Å². The van der Waals surface area contributed by atoms with E-state index < -0.39 is 0 Å². The van der Waals surface area contributed by atoms with E-state index in [0.717, 1.165) is 10.0 Å². The average Bonchev–Trinajstić information content (AvgIpc) is 2.45. The molecule has 0 spiro atoms. The summed E-state index contributed by atoms with van der Waals surface area (Å²) in [6, 6.07) is 18.2. The Bertz CT molecular complexity index is 669. The van der Waals surface area contributed by atoms with E-state index >= 15 is 0 Å². The van der Waals surface area contributed by atoms with Crippen molar-refractivity contribution >= 4 is 27.8 Å².